The van der Waals surface area contributed by atoms with Gasteiger partial charge in [-0.25, -0.2) is 4.39 Å². The second-order valence-electron chi connectivity index (χ2n) is 3.58. The fourth-order valence-corrected chi connectivity index (χ4v) is 1.57. The predicted octanol–water partition coefficient (Wildman–Crippen LogP) is 2.13. The summed E-state index contributed by atoms with van der Waals surface area (Å²) >= 11 is 6.13. The Labute approximate surface area is 110 Å². The third-order valence-electron chi connectivity index (χ3n) is 2.27. The second-order valence-corrected chi connectivity index (χ2v) is 3.96. The van der Waals surface area contributed by atoms with Gasteiger partial charge in [-0.2, -0.15) is 5.26 Å². The van der Waals surface area contributed by atoms with Gasteiger partial charge in [0.2, 0.25) is 12.2 Å². The molecule has 0 saturated carbocycles. The number of alkyl halides is 1. The summed E-state index contributed by atoms with van der Waals surface area (Å²) in [5, 5.41) is 14.7. The number of nitrogens with one attached hydrogen (secondary N) is 2. The van der Waals surface area contributed by atoms with Gasteiger partial charge in [-0.1, -0.05) is 29.8 Å². The van der Waals surface area contributed by atoms with Crippen LogP contribution >= 0.6 is 11.6 Å². The molecule has 0 spiro atoms. The van der Waals surface area contributed by atoms with Gasteiger partial charge in [0.1, 0.15) is 6.67 Å². The maximum Gasteiger partial charge on any atom is 0.209 e. The minimum Gasteiger partial charge on any atom is -0.353 e. The summed E-state index contributed by atoms with van der Waals surface area (Å²) in [5.74, 6) is 0.243. The Kier molecular flexibility index (Phi) is 5.95. The summed E-state index contributed by atoms with van der Waals surface area (Å²) in [4.78, 5) is 3.52. The highest BCUT2D eigenvalue weighted by Crippen LogP contribution is 2.19. The van der Waals surface area contributed by atoms with E-state index in [1.54, 1.807) is 6.19 Å². The summed E-state index contributed by atoms with van der Waals surface area (Å²) < 4.78 is 12.0. The monoisotopic (exact) mass is 268 g/mol. The van der Waals surface area contributed by atoms with Crippen LogP contribution in [0, 0.1) is 18.4 Å². The number of nitrogens with zero attached hydrogens (tertiary/aromatic N) is 2. The maximum atomic E-state index is 12.0. The van der Waals surface area contributed by atoms with Crippen molar-refractivity contribution in [3.63, 3.8) is 0 Å². The number of rotatable bonds is 4. The number of benzene rings is 1. The first-order chi connectivity index (χ1) is 8.69. The van der Waals surface area contributed by atoms with Gasteiger partial charge in [0.05, 0.1) is 0 Å². The third kappa shape index (κ3) is 4.22. The lowest BCUT2D eigenvalue weighted by Crippen LogP contribution is -2.37. The Bertz CT molecular complexity index is 468. The van der Waals surface area contributed by atoms with Crippen LogP contribution in [0.2, 0.25) is 5.02 Å². The predicted molar refractivity (Wildman–Crippen MR) is 70.1 cm³/mol. The molecule has 96 valence electrons. The van der Waals surface area contributed by atoms with Crippen LogP contribution < -0.4 is 10.6 Å². The van der Waals surface area contributed by atoms with Crippen molar-refractivity contribution in [2.45, 2.75) is 13.5 Å². The number of guanidine groups is 1. The Morgan fingerprint density at radius 3 is 2.94 bits per heavy atom. The maximum absolute atomic E-state index is 12.0. The van der Waals surface area contributed by atoms with Crippen molar-refractivity contribution in [1.82, 2.24) is 10.6 Å². The van der Waals surface area contributed by atoms with Gasteiger partial charge < -0.3 is 10.6 Å². The van der Waals surface area contributed by atoms with Crippen LogP contribution in [0.4, 0.5) is 4.39 Å². The molecule has 6 heteroatoms. The largest absolute Gasteiger partial charge is 0.353 e. The Morgan fingerprint density at radius 2 is 2.28 bits per heavy atom. The normalized spacial score (nSPS) is 10.9. The SMILES string of the molecule is Cc1cccc(CNC(=NC#N)NCCF)c1Cl. The van der Waals surface area contributed by atoms with E-state index in [0.717, 1.165) is 11.1 Å². The van der Waals surface area contributed by atoms with E-state index >= 15 is 0 Å². The summed E-state index contributed by atoms with van der Waals surface area (Å²) in [6.45, 7) is 1.91. The highest BCUT2D eigenvalue weighted by molar-refractivity contribution is 6.32. The number of nitriles is 1. The van der Waals surface area contributed by atoms with Crippen LogP contribution in [0.1, 0.15) is 11.1 Å². The molecule has 1 rings (SSSR count). The van der Waals surface area contributed by atoms with E-state index in [1.165, 1.54) is 0 Å². The molecule has 0 amide bonds. The van der Waals surface area contributed by atoms with E-state index in [4.69, 9.17) is 16.9 Å². The molecule has 0 fully saturated rings. The van der Waals surface area contributed by atoms with Crippen molar-refractivity contribution in [3.8, 4) is 6.19 Å². The third-order valence-corrected chi connectivity index (χ3v) is 2.81. The van der Waals surface area contributed by atoms with Crippen molar-refractivity contribution in [1.29, 1.82) is 5.26 Å². The van der Waals surface area contributed by atoms with E-state index in [1.807, 2.05) is 25.1 Å². The highest BCUT2D eigenvalue weighted by Gasteiger charge is 2.04. The highest BCUT2D eigenvalue weighted by atomic mass is 35.5. The van der Waals surface area contributed by atoms with Gasteiger partial charge in [0, 0.05) is 18.1 Å². The molecular weight excluding hydrogens is 255 g/mol. The number of aryl methyl sites for hydroxylation is 1. The molecule has 0 atom stereocenters. The smallest absolute Gasteiger partial charge is 0.209 e. The summed E-state index contributed by atoms with van der Waals surface area (Å²) in [5.41, 5.74) is 1.87. The van der Waals surface area contributed by atoms with E-state index in [0.29, 0.717) is 11.6 Å². The van der Waals surface area contributed by atoms with Gasteiger partial charge in [-0.05, 0) is 18.1 Å². The van der Waals surface area contributed by atoms with Crippen molar-refractivity contribution in [2.75, 3.05) is 13.2 Å². The number of aliphatic imine (C=N–C) groups is 1. The standard InChI is InChI=1S/C12H14ClFN4/c1-9-3-2-4-10(11(9)13)7-17-12(18-8-15)16-6-5-14/h2-4H,5-7H2,1H3,(H2,16,17,18). The van der Waals surface area contributed by atoms with Gasteiger partial charge >= 0.3 is 0 Å². The fourth-order valence-electron chi connectivity index (χ4n) is 1.38. The summed E-state index contributed by atoms with van der Waals surface area (Å²) in [7, 11) is 0. The summed E-state index contributed by atoms with van der Waals surface area (Å²) in [6, 6.07) is 5.69. The first kappa shape index (κ1) is 14.3. The van der Waals surface area contributed by atoms with E-state index in [-0.39, 0.29) is 12.5 Å². The van der Waals surface area contributed by atoms with Crippen LogP contribution in [0.25, 0.3) is 0 Å². The second kappa shape index (κ2) is 7.51. The lowest BCUT2D eigenvalue weighted by Gasteiger charge is -2.11. The molecule has 1 aromatic rings. The first-order valence-corrected chi connectivity index (χ1v) is 5.81. The number of halogens is 2. The van der Waals surface area contributed by atoms with Crippen LogP contribution in [-0.4, -0.2) is 19.2 Å². The molecule has 0 bridgehead atoms. The Balaban J connectivity index is 2.65. The molecule has 0 aliphatic heterocycles. The summed E-state index contributed by atoms with van der Waals surface area (Å²) in [6.07, 6.45) is 1.65. The van der Waals surface area contributed by atoms with E-state index < -0.39 is 6.67 Å². The lowest BCUT2D eigenvalue weighted by atomic mass is 10.1. The van der Waals surface area contributed by atoms with Crippen molar-refractivity contribution in [2.24, 2.45) is 4.99 Å². The quantitative estimate of drug-likeness (QED) is 0.500. The molecule has 0 unspecified atom stereocenters. The Morgan fingerprint density at radius 1 is 1.50 bits per heavy atom. The van der Waals surface area contributed by atoms with Crippen molar-refractivity contribution >= 4 is 17.6 Å². The van der Waals surface area contributed by atoms with Crippen molar-refractivity contribution < 1.29 is 4.39 Å². The van der Waals surface area contributed by atoms with E-state index in [9.17, 15) is 4.39 Å². The Hall–Kier alpha value is -1.80. The molecule has 18 heavy (non-hydrogen) atoms. The van der Waals surface area contributed by atoms with Gasteiger partial charge in [0.25, 0.3) is 0 Å². The molecule has 0 aromatic heterocycles. The average molecular weight is 269 g/mol. The fraction of sp³-hybridized carbons (Fsp3) is 0.333. The van der Waals surface area contributed by atoms with E-state index in [2.05, 4.69) is 15.6 Å². The molecule has 2 N–H and O–H groups in total. The molecule has 0 radical (unpaired) electrons. The first-order valence-electron chi connectivity index (χ1n) is 5.43. The molecular formula is C12H14ClFN4. The number of hydrogen-bond acceptors (Lipinski definition) is 2. The van der Waals surface area contributed by atoms with Gasteiger partial charge in [-0.15, -0.1) is 4.99 Å². The molecule has 0 heterocycles. The zero-order valence-electron chi connectivity index (χ0n) is 10.0. The van der Waals surface area contributed by atoms with Crippen LogP contribution in [0.3, 0.4) is 0 Å². The molecule has 0 aliphatic rings. The van der Waals surface area contributed by atoms with Crippen LogP contribution in [-0.2, 0) is 6.54 Å². The van der Waals surface area contributed by atoms with Crippen LogP contribution in [0.5, 0.6) is 0 Å². The van der Waals surface area contributed by atoms with Crippen molar-refractivity contribution in [3.05, 3.63) is 34.3 Å². The number of hydrogen-bond donors (Lipinski definition) is 2. The minimum absolute atomic E-state index is 0.106. The zero-order valence-corrected chi connectivity index (χ0v) is 10.8. The molecule has 0 saturated heterocycles. The molecule has 0 aliphatic carbocycles. The van der Waals surface area contributed by atoms with Gasteiger partial charge in [-0.3, -0.25) is 0 Å². The average Bonchev–Trinajstić information content (AvgIpc) is 2.37. The van der Waals surface area contributed by atoms with Crippen LogP contribution in [0.15, 0.2) is 23.2 Å². The molecule has 1 aromatic carbocycles. The lowest BCUT2D eigenvalue weighted by molar-refractivity contribution is 0.489. The zero-order chi connectivity index (χ0) is 13.4. The minimum atomic E-state index is -0.530. The molecule has 4 nitrogen and oxygen atoms in total. The van der Waals surface area contributed by atoms with Gasteiger partial charge in [0.15, 0.2) is 0 Å². The topological polar surface area (TPSA) is 60.2 Å².